The van der Waals surface area contributed by atoms with Crippen LogP contribution in [0.2, 0.25) is 0 Å². The lowest BCUT2D eigenvalue weighted by molar-refractivity contribution is -0.124. The van der Waals surface area contributed by atoms with Gasteiger partial charge in [0.2, 0.25) is 5.91 Å². The fourth-order valence-electron chi connectivity index (χ4n) is 2.58. The predicted octanol–water partition coefficient (Wildman–Crippen LogP) is 2.07. The maximum absolute atomic E-state index is 13.8. The normalized spacial score (nSPS) is 19.5. The van der Waals surface area contributed by atoms with Crippen molar-refractivity contribution in [3.8, 4) is 0 Å². The molecule has 2 N–H and O–H groups in total. The Morgan fingerprint density at radius 2 is 2.05 bits per heavy atom. The van der Waals surface area contributed by atoms with Crippen LogP contribution in [0.1, 0.15) is 26.7 Å². The highest BCUT2D eigenvalue weighted by molar-refractivity contribution is 5.77. The van der Waals surface area contributed by atoms with Gasteiger partial charge in [0.05, 0.1) is 12.5 Å². The largest absolute Gasteiger partial charge is 0.392 e. The maximum atomic E-state index is 13.8. The molecule has 22 heavy (non-hydrogen) atoms. The first-order chi connectivity index (χ1) is 10.4. The van der Waals surface area contributed by atoms with Crippen LogP contribution >= 0.6 is 0 Å². The number of halogens is 2. The van der Waals surface area contributed by atoms with E-state index in [1.54, 1.807) is 4.90 Å². The summed E-state index contributed by atoms with van der Waals surface area (Å²) in [6, 6.07) is 3.62. The van der Waals surface area contributed by atoms with Gasteiger partial charge in [0.15, 0.2) is 0 Å². The van der Waals surface area contributed by atoms with Crippen molar-refractivity contribution < 1.29 is 18.7 Å². The van der Waals surface area contributed by atoms with Crippen LogP contribution in [-0.4, -0.2) is 36.2 Å². The van der Waals surface area contributed by atoms with E-state index in [1.165, 1.54) is 18.2 Å². The highest BCUT2D eigenvalue weighted by atomic mass is 19.1. The van der Waals surface area contributed by atoms with Crippen LogP contribution in [0.3, 0.4) is 0 Å². The lowest BCUT2D eigenvalue weighted by atomic mass is 10.0. The van der Waals surface area contributed by atoms with Crippen molar-refractivity contribution in [1.82, 2.24) is 5.32 Å². The molecule has 122 valence electrons. The molecule has 1 heterocycles. The molecule has 1 amide bonds. The number of benzene rings is 1. The van der Waals surface area contributed by atoms with Gasteiger partial charge in [-0.1, -0.05) is 19.9 Å². The molecule has 1 aliphatic heterocycles. The minimum absolute atomic E-state index is 0.0123. The predicted molar refractivity (Wildman–Crippen MR) is 80.6 cm³/mol. The Labute approximate surface area is 129 Å². The van der Waals surface area contributed by atoms with E-state index in [4.69, 9.17) is 0 Å². The second-order valence-corrected chi connectivity index (χ2v) is 6.08. The minimum Gasteiger partial charge on any atom is -0.392 e. The molecule has 1 aromatic carbocycles. The van der Waals surface area contributed by atoms with Gasteiger partial charge in [-0.2, -0.15) is 0 Å². The summed E-state index contributed by atoms with van der Waals surface area (Å²) in [6.45, 7) is 4.53. The number of aliphatic hydroxyl groups excluding tert-OH is 1. The van der Waals surface area contributed by atoms with Gasteiger partial charge < -0.3 is 15.3 Å². The van der Waals surface area contributed by atoms with Crippen molar-refractivity contribution in [2.75, 3.05) is 18.0 Å². The van der Waals surface area contributed by atoms with Crippen molar-refractivity contribution in [3.05, 3.63) is 29.8 Å². The Kier molecular flexibility index (Phi) is 5.34. The number of para-hydroxylation sites is 1. The number of carbonyl (C=O) groups excluding carboxylic acids is 1. The van der Waals surface area contributed by atoms with Crippen molar-refractivity contribution >= 4 is 11.6 Å². The molecule has 1 saturated heterocycles. The molecule has 0 radical (unpaired) electrons. The molecule has 0 aliphatic carbocycles. The van der Waals surface area contributed by atoms with Gasteiger partial charge in [-0.05, 0) is 24.5 Å². The SMILES string of the molecule is CC(C)C(O)CC(=O)NC1CCN(c2c(F)cccc2F)C1. The number of carbonyl (C=O) groups is 1. The van der Waals surface area contributed by atoms with Gasteiger partial charge in [0, 0.05) is 19.1 Å². The van der Waals surface area contributed by atoms with E-state index in [0.29, 0.717) is 19.5 Å². The number of anilines is 1. The first kappa shape index (κ1) is 16.7. The first-order valence-corrected chi connectivity index (χ1v) is 7.55. The molecule has 1 aliphatic rings. The third-order valence-electron chi connectivity index (χ3n) is 3.97. The zero-order valence-electron chi connectivity index (χ0n) is 12.9. The fourth-order valence-corrected chi connectivity index (χ4v) is 2.58. The Morgan fingerprint density at radius 3 is 2.64 bits per heavy atom. The Bertz CT molecular complexity index is 517. The van der Waals surface area contributed by atoms with E-state index in [2.05, 4.69) is 5.32 Å². The molecule has 6 heteroatoms. The van der Waals surface area contributed by atoms with Gasteiger partial charge in [-0.3, -0.25) is 4.79 Å². The molecule has 2 atom stereocenters. The summed E-state index contributed by atoms with van der Waals surface area (Å²) in [6.07, 6.45) is -0.0130. The summed E-state index contributed by atoms with van der Waals surface area (Å²) in [4.78, 5) is 13.5. The molecule has 0 bridgehead atoms. The summed E-state index contributed by atoms with van der Waals surface area (Å²) in [7, 11) is 0. The van der Waals surface area contributed by atoms with E-state index >= 15 is 0 Å². The number of aliphatic hydroxyl groups is 1. The summed E-state index contributed by atoms with van der Waals surface area (Å²) in [5, 5.41) is 12.5. The highest BCUT2D eigenvalue weighted by Crippen LogP contribution is 2.26. The summed E-state index contributed by atoms with van der Waals surface area (Å²) in [5.41, 5.74) is -0.0403. The second kappa shape index (κ2) is 7.05. The molecule has 1 fully saturated rings. The quantitative estimate of drug-likeness (QED) is 0.875. The van der Waals surface area contributed by atoms with E-state index in [9.17, 15) is 18.7 Å². The molecular formula is C16H22F2N2O2. The van der Waals surface area contributed by atoms with Gasteiger partial charge in [0.1, 0.15) is 17.3 Å². The van der Waals surface area contributed by atoms with Crippen LogP contribution in [0.4, 0.5) is 14.5 Å². The molecule has 4 nitrogen and oxygen atoms in total. The zero-order chi connectivity index (χ0) is 16.3. The van der Waals surface area contributed by atoms with Gasteiger partial charge >= 0.3 is 0 Å². The number of rotatable bonds is 5. The molecular weight excluding hydrogens is 290 g/mol. The van der Waals surface area contributed by atoms with Crippen LogP contribution in [0, 0.1) is 17.6 Å². The van der Waals surface area contributed by atoms with Crippen LogP contribution in [0.5, 0.6) is 0 Å². The summed E-state index contributed by atoms with van der Waals surface area (Å²) >= 11 is 0. The van der Waals surface area contributed by atoms with Crippen molar-refractivity contribution in [1.29, 1.82) is 0 Å². The Balaban J connectivity index is 1.92. The van der Waals surface area contributed by atoms with Crippen molar-refractivity contribution in [3.63, 3.8) is 0 Å². The standard InChI is InChI=1S/C16H22F2N2O2/c1-10(2)14(21)8-15(22)19-11-6-7-20(9-11)16-12(17)4-3-5-13(16)18/h3-5,10-11,14,21H,6-9H2,1-2H3,(H,19,22). The molecule has 0 saturated carbocycles. The third-order valence-corrected chi connectivity index (χ3v) is 3.97. The van der Waals surface area contributed by atoms with E-state index in [1.807, 2.05) is 13.8 Å². The monoisotopic (exact) mass is 312 g/mol. The van der Waals surface area contributed by atoms with Crippen LogP contribution in [0.25, 0.3) is 0 Å². The topological polar surface area (TPSA) is 52.6 Å². The highest BCUT2D eigenvalue weighted by Gasteiger charge is 2.28. The smallest absolute Gasteiger partial charge is 0.222 e. The number of nitrogens with one attached hydrogen (secondary N) is 1. The number of nitrogens with zero attached hydrogens (tertiary/aromatic N) is 1. The minimum atomic E-state index is -0.679. The first-order valence-electron chi connectivity index (χ1n) is 7.55. The number of hydrogen-bond acceptors (Lipinski definition) is 3. The third kappa shape index (κ3) is 3.94. The van der Waals surface area contributed by atoms with Crippen molar-refractivity contribution in [2.24, 2.45) is 5.92 Å². The zero-order valence-corrected chi connectivity index (χ0v) is 12.9. The van der Waals surface area contributed by atoms with Crippen molar-refractivity contribution in [2.45, 2.75) is 38.8 Å². The maximum Gasteiger partial charge on any atom is 0.222 e. The Hall–Kier alpha value is -1.69. The average Bonchev–Trinajstić information content (AvgIpc) is 2.86. The van der Waals surface area contributed by atoms with Crippen LogP contribution < -0.4 is 10.2 Å². The molecule has 0 aromatic heterocycles. The number of amides is 1. The lowest BCUT2D eigenvalue weighted by Gasteiger charge is -2.21. The van der Waals surface area contributed by atoms with Crippen LogP contribution in [0.15, 0.2) is 18.2 Å². The average molecular weight is 312 g/mol. The number of hydrogen-bond donors (Lipinski definition) is 2. The van der Waals surface area contributed by atoms with Gasteiger partial charge in [-0.25, -0.2) is 8.78 Å². The molecule has 2 rings (SSSR count). The van der Waals surface area contributed by atoms with Gasteiger partial charge in [0.25, 0.3) is 0 Å². The summed E-state index contributed by atoms with van der Waals surface area (Å²) in [5.74, 6) is -1.41. The second-order valence-electron chi connectivity index (χ2n) is 6.08. The fraction of sp³-hybridized carbons (Fsp3) is 0.562. The lowest BCUT2D eigenvalue weighted by Crippen LogP contribution is -2.39. The molecule has 1 aromatic rings. The van der Waals surface area contributed by atoms with Gasteiger partial charge in [-0.15, -0.1) is 0 Å². The van der Waals surface area contributed by atoms with E-state index in [-0.39, 0.29) is 30.0 Å². The molecule has 0 spiro atoms. The summed E-state index contributed by atoms with van der Waals surface area (Å²) < 4.78 is 27.5. The van der Waals surface area contributed by atoms with E-state index < -0.39 is 17.7 Å². The Morgan fingerprint density at radius 1 is 1.41 bits per heavy atom. The molecule has 2 unspecified atom stereocenters. The van der Waals surface area contributed by atoms with Crippen LogP contribution in [-0.2, 0) is 4.79 Å². The van der Waals surface area contributed by atoms with E-state index in [0.717, 1.165) is 0 Å².